The van der Waals surface area contributed by atoms with Crippen molar-refractivity contribution in [2.45, 2.75) is 12.8 Å². The molecule has 0 radical (unpaired) electrons. The van der Waals surface area contributed by atoms with Crippen LogP contribution in [0.15, 0.2) is 0 Å². The van der Waals surface area contributed by atoms with E-state index < -0.39 is 13.0 Å². The minimum absolute atomic E-state index is 0.226. The molecule has 0 amide bonds. The van der Waals surface area contributed by atoms with Gasteiger partial charge in [0.2, 0.25) is 5.13 Å². The van der Waals surface area contributed by atoms with Crippen LogP contribution in [0.4, 0.5) is 13.9 Å². The molecule has 0 spiro atoms. The van der Waals surface area contributed by atoms with Gasteiger partial charge in [0.1, 0.15) is 12.4 Å². The predicted molar refractivity (Wildman–Crippen MR) is 50.0 cm³/mol. The van der Waals surface area contributed by atoms with Crippen molar-refractivity contribution in [1.29, 1.82) is 0 Å². The zero-order valence-electron chi connectivity index (χ0n) is 7.67. The Morgan fingerprint density at radius 1 is 1.57 bits per heavy atom. The van der Waals surface area contributed by atoms with Crippen molar-refractivity contribution in [2.24, 2.45) is 0 Å². The lowest BCUT2D eigenvalue weighted by Crippen LogP contribution is -2.07. The minimum Gasteiger partial charge on any atom is -0.375 e. The van der Waals surface area contributed by atoms with Gasteiger partial charge >= 0.3 is 0 Å². The summed E-state index contributed by atoms with van der Waals surface area (Å²) in [4.78, 5) is 4.07. The molecule has 0 aliphatic rings. The highest BCUT2D eigenvalue weighted by molar-refractivity contribution is 7.09. The number of hydrogen-bond acceptors (Lipinski definition) is 5. The van der Waals surface area contributed by atoms with Gasteiger partial charge in [0.25, 0.3) is 6.43 Å². The van der Waals surface area contributed by atoms with Crippen molar-refractivity contribution in [3.63, 3.8) is 0 Å². The van der Waals surface area contributed by atoms with Gasteiger partial charge in [0.15, 0.2) is 0 Å². The summed E-state index contributed by atoms with van der Waals surface area (Å²) in [6.07, 6.45) is -1.95. The molecule has 0 fully saturated rings. The molecule has 0 saturated carbocycles. The van der Waals surface area contributed by atoms with Gasteiger partial charge in [-0.1, -0.05) is 0 Å². The Labute approximate surface area is 84.5 Å². The van der Waals surface area contributed by atoms with Gasteiger partial charge in [0, 0.05) is 25.0 Å². The maximum Gasteiger partial charge on any atom is 0.261 e. The number of nitrogens with zero attached hydrogens (tertiary/aromatic N) is 2. The first-order valence-electron chi connectivity index (χ1n) is 4.08. The lowest BCUT2D eigenvalue weighted by atomic mass is 10.4. The van der Waals surface area contributed by atoms with Crippen LogP contribution < -0.4 is 5.32 Å². The van der Waals surface area contributed by atoms with E-state index in [0.29, 0.717) is 17.4 Å². The third-order valence-corrected chi connectivity index (χ3v) is 2.17. The first kappa shape index (κ1) is 11.3. The second-order valence-electron chi connectivity index (χ2n) is 2.48. The maximum absolute atomic E-state index is 11.7. The van der Waals surface area contributed by atoms with Crippen molar-refractivity contribution in [3.05, 3.63) is 5.82 Å². The minimum atomic E-state index is -2.41. The molecule has 7 heteroatoms. The molecule has 0 atom stereocenters. The average molecular weight is 223 g/mol. The number of nitrogens with one attached hydrogen (secondary N) is 1. The van der Waals surface area contributed by atoms with Crippen LogP contribution in [-0.2, 0) is 11.2 Å². The van der Waals surface area contributed by atoms with Gasteiger partial charge in [-0.2, -0.15) is 4.37 Å². The third-order valence-electron chi connectivity index (χ3n) is 1.40. The summed E-state index contributed by atoms with van der Waals surface area (Å²) in [7, 11) is 1.75. The standard InChI is InChI=1S/C7H11F2N3OS/c1-10-7-11-6(12-14-7)2-3-13-4-5(8)9/h5H,2-4H2,1H3,(H,10,11,12). The fourth-order valence-electron chi connectivity index (χ4n) is 0.793. The molecule has 4 nitrogen and oxygen atoms in total. The summed E-state index contributed by atoms with van der Waals surface area (Å²) >= 11 is 1.24. The zero-order valence-corrected chi connectivity index (χ0v) is 8.48. The monoisotopic (exact) mass is 223 g/mol. The fourth-order valence-corrected chi connectivity index (χ4v) is 1.35. The summed E-state index contributed by atoms with van der Waals surface area (Å²) in [5.74, 6) is 0.619. The second kappa shape index (κ2) is 5.82. The lowest BCUT2D eigenvalue weighted by Gasteiger charge is -2.00. The number of alkyl halides is 2. The molecular formula is C7H11F2N3OS. The highest BCUT2D eigenvalue weighted by Gasteiger charge is 2.04. The van der Waals surface area contributed by atoms with Crippen LogP contribution in [0.5, 0.6) is 0 Å². The molecular weight excluding hydrogens is 212 g/mol. The largest absolute Gasteiger partial charge is 0.375 e. The predicted octanol–water partition coefficient (Wildman–Crippen LogP) is 1.40. The van der Waals surface area contributed by atoms with Gasteiger partial charge in [-0.3, -0.25) is 0 Å². The molecule has 0 aromatic carbocycles. The summed E-state index contributed by atoms with van der Waals surface area (Å²) in [6, 6.07) is 0. The number of ether oxygens (including phenoxy) is 1. The maximum atomic E-state index is 11.7. The number of anilines is 1. The number of aromatic nitrogens is 2. The van der Waals surface area contributed by atoms with Crippen LogP contribution in [0.2, 0.25) is 0 Å². The quantitative estimate of drug-likeness (QED) is 0.741. The van der Waals surface area contributed by atoms with E-state index in [4.69, 9.17) is 4.74 Å². The second-order valence-corrected chi connectivity index (χ2v) is 3.23. The van der Waals surface area contributed by atoms with Crippen LogP contribution in [-0.4, -0.2) is 36.0 Å². The summed E-state index contributed by atoms with van der Waals surface area (Å²) < 4.78 is 32.0. The van der Waals surface area contributed by atoms with Crippen molar-refractivity contribution in [2.75, 3.05) is 25.6 Å². The van der Waals surface area contributed by atoms with Crippen LogP contribution in [0.25, 0.3) is 0 Å². The van der Waals surface area contributed by atoms with E-state index in [-0.39, 0.29) is 6.61 Å². The lowest BCUT2D eigenvalue weighted by molar-refractivity contribution is 0.0183. The van der Waals surface area contributed by atoms with Crippen LogP contribution in [0.3, 0.4) is 0 Å². The molecule has 1 N–H and O–H groups in total. The first-order valence-corrected chi connectivity index (χ1v) is 4.86. The normalized spacial score (nSPS) is 10.9. The van der Waals surface area contributed by atoms with E-state index in [9.17, 15) is 8.78 Å². The van der Waals surface area contributed by atoms with E-state index in [1.165, 1.54) is 11.5 Å². The SMILES string of the molecule is CNc1nc(CCOCC(F)F)ns1. The van der Waals surface area contributed by atoms with Gasteiger partial charge < -0.3 is 10.1 Å². The summed E-state index contributed by atoms with van der Waals surface area (Å²) in [5, 5.41) is 3.56. The van der Waals surface area contributed by atoms with Crippen molar-refractivity contribution >= 4 is 16.7 Å². The van der Waals surface area contributed by atoms with E-state index in [1.54, 1.807) is 7.05 Å². The Hall–Kier alpha value is -0.820. The first-order chi connectivity index (χ1) is 6.72. The highest BCUT2D eigenvalue weighted by Crippen LogP contribution is 2.09. The molecule has 0 bridgehead atoms. The van der Waals surface area contributed by atoms with Gasteiger partial charge in [0.05, 0.1) is 6.61 Å². The smallest absolute Gasteiger partial charge is 0.261 e. The molecule has 1 heterocycles. The molecule has 0 unspecified atom stereocenters. The van der Waals surface area contributed by atoms with E-state index >= 15 is 0 Å². The molecule has 1 aromatic heterocycles. The number of rotatable bonds is 6. The van der Waals surface area contributed by atoms with Crippen molar-refractivity contribution in [3.8, 4) is 0 Å². The fraction of sp³-hybridized carbons (Fsp3) is 0.714. The van der Waals surface area contributed by atoms with E-state index in [0.717, 1.165) is 0 Å². The summed E-state index contributed by atoms with van der Waals surface area (Å²) in [5.41, 5.74) is 0. The van der Waals surface area contributed by atoms with Crippen LogP contribution >= 0.6 is 11.5 Å². The molecule has 0 saturated heterocycles. The van der Waals surface area contributed by atoms with Gasteiger partial charge in [-0.15, -0.1) is 0 Å². The Morgan fingerprint density at radius 3 is 2.93 bits per heavy atom. The topological polar surface area (TPSA) is 47.0 Å². The third kappa shape index (κ3) is 3.93. The van der Waals surface area contributed by atoms with Crippen molar-refractivity contribution in [1.82, 2.24) is 9.36 Å². The summed E-state index contributed by atoms with van der Waals surface area (Å²) in [6.45, 7) is -0.298. The van der Waals surface area contributed by atoms with Crippen LogP contribution in [0.1, 0.15) is 5.82 Å². The molecule has 1 rings (SSSR count). The zero-order chi connectivity index (χ0) is 10.4. The molecule has 0 aliphatic carbocycles. The number of halogens is 2. The molecule has 80 valence electrons. The highest BCUT2D eigenvalue weighted by atomic mass is 32.1. The Bertz CT molecular complexity index is 269. The average Bonchev–Trinajstić information content (AvgIpc) is 2.60. The van der Waals surface area contributed by atoms with Crippen LogP contribution in [0, 0.1) is 0 Å². The molecule has 0 aliphatic heterocycles. The van der Waals surface area contributed by atoms with E-state index in [1.807, 2.05) is 0 Å². The van der Waals surface area contributed by atoms with E-state index in [2.05, 4.69) is 14.7 Å². The van der Waals surface area contributed by atoms with Gasteiger partial charge in [-0.25, -0.2) is 13.8 Å². The van der Waals surface area contributed by atoms with Gasteiger partial charge in [-0.05, 0) is 0 Å². The molecule has 14 heavy (non-hydrogen) atoms. The Morgan fingerprint density at radius 2 is 2.36 bits per heavy atom. The molecule has 1 aromatic rings. The van der Waals surface area contributed by atoms with Crippen molar-refractivity contribution < 1.29 is 13.5 Å². The Balaban J connectivity index is 2.18. The Kier molecular flexibility index (Phi) is 4.68. The number of hydrogen-bond donors (Lipinski definition) is 1.